The van der Waals surface area contributed by atoms with Crippen LogP contribution in [0.4, 0.5) is 0 Å². The van der Waals surface area contributed by atoms with Gasteiger partial charge in [0.05, 0.1) is 18.4 Å². The van der Waals surface area contributed by atoms with Gasteiger partial charge in [-0.25, -0.2) is 17.9 Å². The largest absolute Gasteiger partial charge is 0.476 e. The van der Waals surface area contributed by atoms with E-state index in [9.17, 15) is 13.2 Å². The molecule has 2 N–H and O–H groups in total. The molecule has 0 bridgehead atoms. The number of carboxylic acid groups (broad SMARTS) is 1. The van der Waals surface area contributed by atoms with E-state index in [0.29, 0.717) is 0 Å². The lowest BCUT2D eigenvalue weighted by atomic mass is 10.2. The normalized spacial score (nSPS) is 17.0. The van der Waals surface area contributed by atoms with E-state index >= 15 is 0 Å². The van der Waals surface area contributed by atoms with Gasteiger partial charge in [-0.1, -0.05) is 5.21 Å². The first-order valence-corrected chi connectivity index (χ1v) is 7.06. The summed E-state index contributed by atoms with van der Waals surface area (Å²) in [5.41, 5.74) is -0.166. The fourth-order valence-corrected chi connectivity index (χ4v) is 3.28. The number of carboxylic acids is 1. The Hall–Kier alpha value is -2.27. The fraction of sp³-hybridized carbons (Fsp3) is 0.333. The Kier molecular flexibility index (Phi) is 2.79. The molecule has 0 radical (unpaired) electrons. The first-order valence-electron chi connectivity index (χ1n) is 5.62. The van der Waals surface area contributed by atoms with Gasteiger partial charge in [-0.15, -0.1) is 5.10 Å². The molecule has 0 aromatic carbocycles. The van der Waals surface area contributed by atoms with Crippen molar-refractivity contribution in [3.63, 3.8) is 0 Å². The van der Waals surface area contributed by atoms with Crippen molar-refractivity contribution < 1.29 is 18.3 Å². The van der Waals surface area contributed by atoms with Crippen LogP contribution in [0.2, 0.25) is 0 Å². The van der Waals surface area contributed by atoms with Crippen molar-refractivity contribution in [1.82, 2.24) is 29.5 Å². The molecule has 0 saturated carbocycles. The first-order chi connectivity index (χ1) is 9.48. The Labute approximate surface area is 113 Å². The van der Waals surface area contributed by atoms with Gasteiger partial charge in [-0.3, -0.25) is 5.10 Å². The Balaban J connectivity index is 1.71. The monoisotopic (exact) mass is 298 g/mol. The number of aromatic carboxylic acids is 1. The summed E-state index contributed by atoms with van der Waals surface area (Å²) in [6, 6.07) is -0.211. The topological polar surface area (TPSA) is 134 Å². The highest BCUT2D eigenvalue weighted by Crippen LogP contribution is 2.27. The Bertz CT molecular complexity index is 730. The molecule has 106 valence electrons. The lowest BCUT2D eigenvalue weighted by molar-refractivity contribution is 0.0690. The molecule has 1 fully saturated rings. The SMILES string of the molecule is O=C(O)c1cn(C2CN(S(=O)(=O)c3cn[nH]c3)C2)nn1. The summed E-state index contributed by atoms with van der Waals surface area (Å²) < 4.78 is 26.8. The summed E-state index contributed by atoms with van der Waals surface area (Å²) in [5, 5.41) is 22.0. The molecule has 1 aliphatic rings. The molecule has 1 aliphatic heterocycles. The van der Waals surface area contributed by atoms with Gasteiger partial charge >= 0.3 is 5.97 Å². The molecular weight excluding hydrogens is 288 g/mol. The van der Waals surface area contributed by atoms with E-state index in [2.05, 4.69) is 20.5 Å². The van der Waals surface area contributed by atoms with Gasteiger partial charge in [0.15, 0.2) is 5.69 Å². The molecule has 20 heavy (non-hydrogen) atoms. The average molecular weight is 298 g/mol. The summed E-state index contributed by atoms with van der Waals surface area (Å²) >= 11 is 0. The zero-order valence-corrected chi connectivity index (χ0v) is 10.9. The van der Waals surface area contributed by atoms with Crippen molar-refractivity contribution in [1.29, 1.82) is 0 Å². The van der Waals surface area contributed by atoms with Crippen LogP contribution in [-0.2, 0) is 10.0 Å². The third-order valence-electron chi connectivity index (χ3n) is 3.04. The van der Waals surface area contributed by atoms with Crippen LogP contribution in [0.5, 0.6) is 0 Å². The number of H-pyrrole nitrogens is 1. The second kappa shape index (κ2) is 4.38. The lowest BCUT2D eigenvalue weighted by Crippen LogP contribution is -2.50. The van der Waals surface area contributed by atoms with Crippen LogP contribution in [0.1, 0.15) is 16.5 Å². The zero-order valence-electron chi connectivity index (χ0n) is 10.0. The lowest BCUT2D eigenvalue weighted by Gasteiger charge is -2.37. The second-order valence-corrected chi connectivity index (χ2v) is 6.24. The number of aromatic nitrogens is 5. The van der Waals surface area contributed by atoms with Gasteiger partial charge in [0.2, 0.25) is 10.0 Å². The Morgan fingerprint density at radius 2 is 2.20 bits per heavy atom. The predicted octanol–water partition coefficient (Wildman–Crippen LogP) is -1.06. The van der Waals surface area contributed by atoms with Crippen LogP contribution in [-0.4, -0.2) is 62.1 Å². The van der Waals surface area contributed by atoms with Crippen LogP contribution in [0.15, 0.2) is 23.5 Å². The minimum Gasteiger partial charge on any atom is -0.476 e. The van der Waals surface area contributed by atoms with Gasteiger partial charge in [0.1, 0.15) is 4.90 Å². The van der Waals surface area contributed by atoms with Gasteiger partial charge in [-0.05, 0) is 0 Å². The zero-order chi connectivity index (χ0) is 14.3. The van der Waals surface area contributed by atoms with E-state index < -0.39 is 16.0 Å². The molecule has 10 nitrogen and oxygen atoms in total. The number of sulfonamides is 1. The van der Waals surface area contributed by atoms with Gasteiger partial charge in [-0.2, -0.15) is 9.40 Å². The third kappa shape index (κ3) is 1.96. The molecule has 0 atom stereocenters. The molecule has 3 heterocycles. The number of carbonyl (C=O) groups is 1. The van der Waals surface area contributed by atoms with Crippen LogP contribution < -0.4 is 0 Å². The van der Waals surface area contributed by atoms with Crippen LogP contribution >= 0.6 is 0 Å². The standard InChI is InChI=1S/C9H10N6O4S/c16-9(17)8-5-15(13-12-8)6-3-14(4-6)20(18,19)7-1-10-11-2-7/h1-2,5-6H,3-4H2,(H,10,11)(H,16,17). The van der Waals surface area contributed by atoms with E-state index in [4.69, 9.17) is 5.11 Å². The van der Waals surface area contributed by atoms with E-state index in [1.54, 1.807) is 0 Å². The van der Waals surface area contributed by atoms with Crippen molar-refractivity contribution in [3.05, 3.63) is 24.3 Å². The maximum atomic E-state index is 12.1. The van der Waals surface area contributed by atoms with E-state index in [1.807, 2.05) is 0 Å². The molecule has 2 aromatic heterocycles. The molecule has 0 unspecified atom stereocenters. The number of rotatable bonds is 4. The Morgan fingerprint density at radius 1 is 1.45 bits per heavy atom. The van der Waals surface area contributed by atoms with Crippen molar-refractivity contribution in [2.45, 2.75) is 10.9 Å². The molecule has 11 heteroatoms. The number of hydrogen-bond acceptors (Lipinski definition) is 6. The predicted molar refractivity (Wildman–Crippen MR) is 63.4 cm³/mol. The van der Waals surface area contributed by atoms with Crippen LogP contribution in [0.3, 0.4) is 0 Å². The maximum Gasteiger partial charge on any atom is 0.358 e. The highest BCUT2D eigenvalue weighted by Gasteiger charge is 2.38. The number of hydrogen-bond donors (Lipinski definition) is 2. The first kappa shape index (κ1) is 12.7. The Morgan fingerprint density at radius 3 is 2.75 bits per heavy atom. The third-order valence-corrected chi connectivity index (χ3v) is 4.84. The molecular formula is C9H10N6O4S. The van der Waals surface area contributed by atoms with Crippen LogP contribution in [0, 0.1) is 0 Å². The highest BCUT2D eigenvalue weighted by molar-refractivity contribution is 7.89. The smallest absolute Gasteiger partial charge is 0.358 e. The minimum atomic E-state index is -3.55. The maximum absolute atomic E-state index is 12.1. The van der Waals surface area contributed by atoms with Gasteiger partial charge < -0.3 is 5.11 Å². The number of aromatic amines is 1. The van der Waals surface area contributed by atoms with Gasteiger partial charge in [0.25, 0.3) is 0 Å². The van der Waals surface area contributed by atoms with Gasteiger partial charge in [0, 0.05) is 19.3 Å². The second-order valence-electron chi connectivity index (χ2n) is 4.30. The van der Waals surface area contributed by atoms with Crippen molar-refractivity contribution in [3.8, 4) is 0 Å². The van der Waals surface area contributed by atoms with Crippen LogP contribution in [0.25, 0.3) is 0 Å². The quantitative estimate of drug-likeness (QED) is 0.735. The minimum absolute atomic E-state index is 0.0979. The van der Waals surface area contributed by atoms with Crippen molar-refractivity contribution in [2.24, 2.45) is 0 Å². The number of nitrogens with zero attached hydrogens (tertiary/aromatic N) is 5. The summed E-state index contributed by atoms with van der Waals surface area (Å²) in [4.78, 5) is 10.8. The average Bonchev–Trinajstić information content (AvgIpc) is 2.97. The van der Waals surface area contributed by atoms with E-state index in [1.165, 1.54) is 27.6 Å². The molecule has 1 saturated heterocycles. The van der Waals surface area contributed by atoms with Crippen molar-refractivity contribution >= 4 is 16.0 Å². The summed E-state index contributed by atoms with van der Waals surface area (Å²) in [7, 11) is -3.55. The van der Waals surface area contributed by atoms with E-state index in [0.717, 1.165) is 0 Å². The molecule has 0 aliphatic carbocycles. The molecule has 0 spiro atoms. The summed E-state index contributed by atoms with van der Waals surface area (Å²) in [5.74, 6) is -1.17. The highest BCUT2D eigenvalue weighted by atomic mass is 32.2. The fourth-order valence-electron chi connectivity index (χ4n) is 1.86. The molecule has 2 aromatic rings. The van der Waals surface area contributed by atoms with E-state index in [-0.39, 0.29) is 29.7 Å². The summed E-state index contributed by atoms with van der Waals surface area (Å²) in [6.45, 7) is 0.436. The molecule has 0 amide bonds. The summed E-state index contributed by atoms with van der Waals surface area (Å²) in [6.07, 6.45) is 3.83. The number of nitrogens with one attached hydrogen (secondary N) is 1. The van der Waals surface area contributed by atoms with Crippen molar-refractivity contribution in [2.75, 3.05) is 13.1 Å². The molecule has 3 rings (SSSR count).